The van der Waals surface area contributed by atoms with Gasteiger partial charge in [0.05, 0.1) is 5.41 Å². The minimum absolute atomic E-state index is 0.00231. The zero-order valence-electron chi connectivity index (χ0n) is 8.44. The number of hydrogen-bond acceptors (Lipinski definition) is 2. The molecule has 1 saturated carbocycles. The average Bonchev–Trinajstić information content (AvgIpc) is 2.62. The Morgan fingerprint density at radius 1 is 1.42 bits per heavy atom. The Morgan fingerprint density at radius 2 is 1.92 bits per heavy atom. The van der Waals surface area contributed by atoms with E-state index in [0.717, 1.165) is 19.3 Å². The summed E-state index contributed by atoms with van der Waals surface area (Å²) in [6.45, 7) is 7.79. The minimum atomic E-state index is -0.332. The van der Waals surface area contributed by atoms with Crippen LogP contribution >= 0.6 is 0 Å². The molecule has 2 nitrogen and oxygen atoms in total. The molecule has 1 rings (SSSR count). The number of carbonyl (C=O) groups is 1. The van der Waals surface area contributed by atoms with Crippen LogP contribution in [0.15, 0.2) is 0 Å². The van der Waals surface area contributed by atoms with E-state index in [1.807, 2.05) is 20.8 Å². The van der Waals surface area contributed by atoms with E-state index in [9.17, 15) is 4.79 Å². The van der Waals surface area contributed by atoms with E-state index in [2.05, 4.69) is 6.92 Å². The molecule has 0 amide bonds. The van der Waals surface area contributed by atoms with Crippen LogP contribution in [-0.4, -0.2) is 11.6 Å². The third-order valence-corrected chi connectivity index (χ3v) is 2.36. The van der Waals surface area contributed by atoms with Gasteiger partial charge >= 0.3 is 5.97 Å². The van der Waals surface area contributed by atoms with Gasteiger partial charge in [-0.1, -0.05) is 6.92 Å². The maximum atomic E-state index is 11.6. The lowest BCUT2D eigenvalue weighted by Crippen LogP contribution is -2.29. The maximum Gasteiger partial charge on any atom is 0.312 e. The number of ether oxygens (including phenoxy) is 1. The highest BCUT2D eigenvalue weighted by Crippen LogP contribution is 2.50. The zero-order valence-corrected chi connectivity index (χ0v) is 8.44. The van der Waals surface area contributed by atoms with Gasteiger partial charge in [0.1, 0.15) is 5.60 Å². The summed E-state index contributed by atoms with van der Waals surface area (Å²) in [5, 5.41) is 0. The summed E-state index contributed by atoms with van der Waals surface area (Å²) in [5.41, 5.74) is -0.435. The van der Waals surface area contributed by atoms with Gasteiger partial charge in [-0.15, -0.1) is 0 Å². The van der Waals surface area contributed by atoms with Crippen LogP contribution in [-0.2, 0) is 9.53 Å². The van der Waals surface area contributed by atoms with Gasteiger partial charge in [-0.2, -0.15) is 0 Å². The molecule has 1 aliphatic rings. The lowest BCUT2D eigenvalue weighted by Gasteiger charge is -2.22. The summed E-state index contributed by atoms with van der Waals surface area (Å²) in [7, 11) is 0. The normalized spacial score (nSPS) is 20.3. The van der Waals surface area contributed by atoms with Crippen molar-refractivity contribution in [2.75, 3.05) is 0 Å². The van der Waals surface area contributed by atoms with E-state index in [4.69, 9.17) is 4.74 Å². The van der Waals surface area contributed by atoms with Gasteiger partial charge in [-0.05, 0) is 40.0 Å². The van der Waals surface area contributed by atoms with E-state index in [-0.39, 0.29) is 17.0 Å². The molecule has 0 radical (unpaired) electrons. The second-order valence-electron chi connectivity index (χ2n) is 4.64. The molecule has 2 heteroatoms. The second-order valence-corrected chi connectivity index (χ2v) is 4.64. The minimum Gasteiger partial charge on any atom is -0.460 e. The van der Waals surface area contributed by atoms with Gasteiger partial charge in [-0.25, -0.2) is 0 Å². The Bertz CT molecular complexity index is 185. The second kappa shape index (κ2) is 2.75. The number of hydrogen-bond donors (Lipinski definition) is 0. The lowest BCUT2D eigenvalue weighted by atomic mass is 10.0. The Morgan fingerprint density at radius 3 is 2.17 bits per heavy atom. The molecule has 0 unspecified atom stereocenters. The van der Waals surface area contributed by atoms with E-state index < -0.39 is 0 Å². The highest BCUT2D eigenvalue weighted by molar-refractivity contribution is 5.80. The smallest absolute Gasteiger partial charge is 0.312 e. The molecule has 0 saturated heterocycles. The van der Waals surface area contributed by atoms with Crippen LogP contribution in [0, 0.1) is 5.41 Å². The molecule has 0 N–H and O–H groups in total. The first-order valence-corrected chi connectivity index (χ1v) is 4.63. The van der Waals surface area contributed by atoms with Crippen LogP contribution in [0.1, 0.15) is 47.0 Å². The molecule has 0 spiro atoms. The van der Waals surface area contributed by atoms with Crippen molar-refractivity contribution in [3.63, 3.8) is 0 Å². The van der Waals surface area contributed by atoms with Crippen molar-refractivity contribution in [1.29, 1.82) is 0 Å². The van der Waals surface area contributed by atoms with Crippen molar-refractivity contribution in [3.05, 3.63) is 0 Å². The molecular weight excluding hydrogens is 152 g/mol. The Balaban J connectivity index is 2.49. The molecule has 0 aromatic heterocycles. The summed E-state index contributed by atoms with van der Waals surface area (Å²) >= 11 is 0. The maximum absolute atomic E-state index is 11.6. The van der Waals surface area contributed by atoms with Crippen LogP contribution < -0.4 is 0 Å². The number of rotatable bonds is 2. The first-order valence-electron chi connectivity index (χ1n) is 4.63. The molecule has 0 aliphatic heterocycles. The predicted molar refractivity (Wildman–Crippen MR) is 47.8 cm³/mol. The Labute approximate surface area is 74.3 Å². The third-order valence-electron chi connectivity index (χ3n) is 2.36. The highest BCUT2D eigenvalue weighted by Gasteiger charge is 2.50. The topological polar surface area (TPSA) is 26.3 Å². The van der Waals surface area contributed by atoms with Crippen molar-refractivity contribution in [2.45, 2.75) is 52.6 Å². The standard InChI is InChI=1S/C10H18O2/c1-5-10(6-7-10)8(11)12-9(2,3)4/h5-7H2,1-4H3. The van der Waals surface area contributed by atoms with Crippen LogP contribution in [0.4, 0.5) is 0 Å². The predicted octanol–water partition coefficient (Wildman–Crippen LogP) is 2.52. The first kappa shape index (κ1) is 9.56. The van der Waals surface area contributed by atoms with E-state index in [1.165, 1.54) is 0 Å². The summed E-state index contributed by atoms with van der Waals surface area (Å²) < 4.78 is 5.32. The fourth-order valence-electron chi connectivity index (χ4n) is 1.24. The molecule has 1 aliphatic carbocycles. The van der Waals surface area contributed by atoms with E-state index in [1.54, 1.807) is 0 Å². The molecule has 70 valence electrons. The summed E-state index contributed by atoms with van der Waals surface area (Å²) in [6, 6.07) is 0. The Hall–Kier alpha value is -0.530. The SMILES string of the molecule is CCC1(C(=O)OC(C)(C)C)CC1. The fourth-order valence-corrected chi connectivity index (χ4v) is 1.24. The van der Waals surface area contributed by atoms with Crippen molar-refractivity contribution in [3.8, 4) is 0 Å². The number of carbonyl (C=O) groups excluding carboxylic acids is 1. The quantitative estimate of drug-likeness (QED) is 0.595. The van der Waals surface area contributed by atoms with Gasteiger partial charge in [-0.3, -0.25) is 4.79 Å². The van der Waals surface area contributed by atoms with Gasteiger partial charge < -0.3 is 4.74 Å². The van der Waals surface area contributed by atoms with Crippen LogP contribution in [0.2, 0.25) is 0 Å². The van der Waals surface area contributed by atoms with Crippen molar-refractivity contribution in [2.24, 2.45) is 5.41 Å². The van der Waals surface area contributed by atoms with Crippen molar-refractivity contribution >= 4 is 5.97 Å². The first-order chi connectivity index (χ1) is 5.40. The summed E-state index contributed by atoms with van der Waals surface area (Å²) in [5.74, 6) is -0.00231. The largest absolute Gasteiger partial charge is 0.460 e. The fraction of sp³-hybridized carbons (Fsp3) is 0.900. The monoisotopic (exact) mass is 170 g/mol. The molecule has 0 aromatic carbocycles. The average molecular weight is 170 g/mol. The lowest BCUT2D eigenvalue weighted by molar-refractivity contribution is -0.161. The molecule has 12 heavy (non-hydrogen) atoms. The molecule has 1 fully saturated rings. The molecule has 0 atom stereocenters. The van der Waals surface area contributed by atoms with Gasteiger partial charge in [0.25, 0.3) is 0 Å². The Kier molecular flexibility index (Phi) is 2.19. The van der Waals surface area contributed by atoms with Gasteiger partial charge in [0, 0.05) is 0 Å². The van der Waals surface area contributed by atoms with E-state index >= 15 is 0 Å². The third kappa shape index (κ3) is 1.99. The van der Waals surface area contributed by atoms with Gasteiger partial charge in [0.15, 0.2) is 0 Å². The molecular formula is C10H18O2. The van der Waals surface area contributed by atoms with Crippen molar-refractivity contribution in [1.82, 2.24) is 0 Å². The molecule has 0 aromatic rings. The van der Waals surface area contributed by atoms with Gasteiger partial charge in [0.2, 0.25) is 0 Å². The zero-order chi connectivity index (χ0) is 9.41. The van der Waals surface area contributed by atoms with Crippen LogP contribution in [0.25, 0.3) is 0 Å². The van der Waals surface area contributed by atoms with Crippen molar-refractivity contribution < 1.29 is 9.53 Å². The summed E-state index contributed by atoms with van der Waals surface area (Å²) in [4.78, 5) is 11.6. The van der Waals surface area contributed by atoms with E-state index in [0.29, 0.717) is 0 Å². The van der Waals surface area contributed by atoms with Crippen LogP contribution in [0.3, 0.4) is 0 Å². The summed E-state index contributed by atoms with van der Waals surface area (Å²) in [6.07, 6.45) is 2.94. The molecule has 0 bridgehead atoms. The molecule has 0 heterocycles. The number of esters is 1. The van der Waals surface area contributed by atoms with Crippen LogP contribution in [0.5, 0.6) is 0 Å². The highest BCUT2D eigenvalue weighted by atomic mass is 16.6.